The van der Waals surface area contributed by atoms with Gasteiger partial charge in [0.15, 0.2) is 0 Å². The summed E-state index contributed by atoms with van der Waals surface area (Å²) in [4.78, 5) is 41.2. The van der Waals surface area contributed by atoms with Crippen LogP contribution in [0.2, 0.25) is 0 Å². The van der Waals surface area contributed by atoms with E-state index in [9.17, 15) is 14.4 Å². The molecule has 0 aromatic rings. The fourth-order valence-electron chi connectivity index (χ4n) is 3.23. The molecule has 10 nitrogen and oxygen atoms in total. The summed E-state index contributed by atoms with van der Waals surface area (Å²) in [5, 5.41) is 27.5. The lowest BCUT2D eigenvalue weighted by Crippen LogP contribution is -2.48. The summed E-state index contributed by atoms with van der Waals surface area (Å²) in [7, 11) is 0. The van der Waals surface area contributed by atoms with Crippen molar-refractivity contribution < 1.29 is 29.7 Å². The van der Waals surface area contributed by atoms with Crippen molar-refractivity contribution in [1.82, 2.24) is 19.6 Å². The molecule has 28 heavy (non-hydrogen) atoms. The topological polar surface area (TPSA) is 125 Å². The van der Waals surface area contributed by atoms with Gasteiger partial charge in [-0.05, 0) is 13.0 Å². The van der Waals surface area contributed by atoms with Gasteiger partial charge in [0.25, 0.3) is 0 Å². The summed E-state index contributed by atoms with van der Waals surface area (Å²) in [6.07, 6.45) is 2.09. The Hall–Kier alpha value is -1.75. The predicted octanol–water partition coefficient (Wildman–Crippen LogP) is -0.738. The molecule has 0 unspecified atom stereocenters. The summed E-state index contributed by atoms with van der Waals surface area (Å²) >= 11 is 0. The minimum Gasteiger partial charge on any atom is -0.480 e. The highest BCUT2D eigenvalue weighted by molar-refractivity contribution is 5.69. The third-order valence-corrected chi connectivity index (χ3v) is 4.83. The lowest BCUT2D eigenvalue weighted by Gasteiger charge is -2.33. The molecule has 0 saturated carbocycles. The second-order valence-corrected chi connectivity index (χ2v) is 7.20. The lowest BCUT2D eigenvalue weighted by atomic mass is 10.3. The highest BCUT2D eigenvalue weighted by Crippen LogP contribution is 2.02. The lowest BCUT2D eigenvalue weighted by molar-refractivity contribution is -0.140. The predicted molar refractivity (Wildman–Crippen MR) is 104 cm³/mol. The molecule has 1 heterocycles. The summed E-state index contributed by atoms with van der Waals surface area (Å²) in [6, 6.07) is 0. The van der Waals surface area contributed by atoms with Gasteiger partial charge in [-0.25, -0.2) is 0 Å². The van der Waals surface area contributed by atoms with Crippen LogP contribution in [-0.2, 0) is 14.4 Å². The third-order valence-electron chi connectivity index (χ3n) is 4.83. The molecule has 0 aliphatic carbocycles. The molecule has 0 radical (unpaired) electrons. The summed E-state index contributed by atoms with van der Waals surface area (Å²) in [5.74, 6) is -2.75. The molecule has 1 aliphatic heterocycles. The fraction of sp³-hybridized carbons (Fsp3) is 0.833. The first-order chi connectivity index (χ1) is 13.3. The molecule has 3 N–H and O–H groups in total. The Balaban J connectivity index is 2.86. The molecule has 0 bridgehead atoms. The Labute approximate surface area is 166 Å². The van der Waals surface area contributed by atoms with Crippen molar-refractivity contribution >= 4 is 17.9 Å². The van der Waals surface area contributed by atoms with Crippen molar-refractivity contribution in [1.29, 1.82) is 0 Å². The third kappa shape index (κ3) is 11.2. The van der Waals surface area contributed by atoms with Crippen LogP contribution in [-0.4, -0.2) is 131 Å². The van der Waals surface area contributed by atoms with Crippen LogP contribution in [0, 0.1) is 0 Å². The van der Waals surface area contributed by atoms with Gasteiger partial charge in [-0.3, -0.25) is 29.1 Å². The van der Waals surface area contributed by atoms with Gasteiger partial charge in [-0.15, -0.1) is 0 Å². The number of nitrogens with zero attached hydrogens (tertiary/aromatic N) is 4. The van der Waals surface area contributed by atoms with E-state index in [-0.39, 0.29) is 19.6 Å². The number of hydrogen-bond acceptors (Lipinski definition) is 7. The van der Waals surface area contributed by atoms with Crippen LogP contribution in [0.15, 0.2) is 0 Å². The first-order valence-corrected chi connectivity index (χ1v) is 9.85. The van der Waals surface area contributed by atoms with E-state index in [0.29, 0.717) is 52.4 Å². The molecule has 10 heteroatoms. The van der Waals surface area contributed by atoms with Crippen molar-refractivity contribution in [2.24, 2.45) is 0 Å². The Morgan fingerprint density at radius 1 is 0.607 bits per heavy atom. The van der Waals surface area contributed by atoms with Crippen LogP contribution in [0.1, 0.15) is 19.8 Å². The second kappa shape index (κ2) is 13.4. The van der Waals surface area contributed by atoms with Crippen molar-refractivity contribution in [2.45, 2.75) is 19.8 Å². The normalized spacial score (nSPS) is 19.6. The standard InChI is InChI=1S/C18H34N4O6/c1-2-3-4-19-5-7-20(13-16(23)24)9-11-22(15-18(27)28)12-10-21(8-6-19)14-17(25)26/h2-15H2,1H3,(H,23,24)(H,25,26)(H,27,28). The highest BCUT2D eigenvalue weighted by atomic mass is 16.4. The van der Waals surface area contributed by atoms with E-state index in [1.807, 2.05) is 9.80 Å². The molecular weight excluding hydrogens is 368 g/mol. The average molecular weight is 402 g/mol. The van der Waals surface area contributed by atoms with E-state index >= 15 is 0 Å². The van der Waals surface area contributed by atoms with Crippen LogP contribution in [0.5, 0.6) is 0 Å². The van der Waals surface area contributed by atoms with Gasteiger partial charge in [-0.2, -0.15) is 0 Å². The molecule has 1 rings (SSSR count). The maximum atomic E-state index is 11.2. The molecule has 0 spiro atoms. The fourth-order valence-corrected chi connectivity index (χ4v) is 3.23. The van der Waals surface area contributed by atoms with Crippen molar-refractivity contribution in [3.63, 3.8) is 0 Å². The van der Waals surface area contributed by atoms with Gasteiger partial charge in [0.1, 0.15) is 0 Å². The van der Waals surface area contributed by atoms with Crippen LogP contribution in [0.25, 0.3) is 0 Å². The second-order valence-electron chi connectivity index (χ2n) is 7.20. The first-order valence-electron chi connectivity index (χ1n) is 9.85. The van der Waals surface area contributed by atoms with Crippen LogP contribution in [0.3, 0.4) is 0 Å². The van der Waals surface area contributed by atoms with E-state index in [1.165, 1.54) is 0 Å². The van der Waals surface area contributed by atoms with Gasteiger partial charge in [0.2, 0.25) is 0 Å². The zero-order valence-electron chi connectivity index (χ0n) is 16.8. The van der Waals surface area contributed by atoms with Crippen molar-refractivity contribution in [3.05, 3.63) is 0 Å². The van der Waals surface area contributed by atoms with Crippen LogP contribution >= 0.6 is 0 Å². The number of carbonyl (C=O) groups is 3. The quantitative estimate of drug-likeness (QED) is 0.454. The molecule has 0 aromatic carbocycles. The first kappa shape index (κ1) is 24.3. The largest absolute Gasteiger partial charge is 0.480 e. The SMILES string of the molecule is CCCCN1CCN(CC(=O)O)CCN(CC(=O)O)CCN(CC(=O)O)CC1. The zero-order chi connectivity index (χ0) is 20.9. The van der Waals surface area contributed by atoms with Gasteiger partial charge in [-0.1, -0.05) is 13.3 Å². The Morgan fingerprint density at radius 3 is 1.14 bits per heavy atom. The maximum Gasteiger partial charge on any atom is 0.317 e. The smallest absolute Gasteiger partial charge is 0.317 e. The monoisotopic (exact) mass is 402 g/mol. The van der Waals surface area contributed by atoms with Crippen LogP contribution < -0.4 is 0 Å². The number of aliphatic carboxylic acids is 3. The molecule has 1 fully saturated rings. The van der Waals surface area contributed by atoms with E-state index in [2.05, 4.69) is 11.8 Å². The van der Waals surface area contributed by atoms with Gasteiger partial charge < -0.3 is 20.2 Å². The van der Waals surface area contributed by atoms with E-state index in [0.717, 1.165) is 19.4 Å². The van der Waals surface area contributed by atoms with Gasteiger partial charge in [0.05, 0.1) is 19.6 Å². The van der Waals surface area contributed by atoms with E-state index < -0.39 is 17.9 Å². The summed E-state index contributed by atoms with van der Waals surface area (Å²) in [5.41, 5.74) is 0. The zero-order valence-corrected chi connectivity index (χ0v) is 16.8. The number of carboxylic acids is 3. The molecule has 0 atom stereocenters. The van der Waals surface area contributed by atoms with Crippen molar-refractivity contribution in [3.8, 4) is 0 Å². The summed E-state index contributed by atoms with van der Waals surface area (Å²) < 4.78 is 0. The average Bonchev–Trinajstić information content (AvgIpc) is 2.59. The van der Waals surface area contributed by atoms with Crippen LogP contribution in [0.4, 0.5) is 0 Å². The summed E-state index contributed by atoms with van der Waals surface area (Å²) in [6.45, 7) is 7.04. The molecule has 1 saturated heterocycles. The Bertz CT molecular complexity index is 472. The number of unbranched alkanes of at least 4 members (excludes halogenated alkanes) is 1. The van der Waals surface area contributed by atoms with E-state index in [1.54, 1.807) is 4.90 Å². The minimum atomic E-state index is -0.951. The maximum absolute atomic E-state index is 11.2. The number of carboxylic acid groups (broad SMARTS) is 3. The molecule has 1 aliphatic rings. The van der Waals surface area contributed by atoms with E-state index in [4.69, 9.17) is 15.3 Å². The molecule has 162 valence electrons. The number of rotatable bonds is 9. The number of hydrogen-bond donors (Lipinski definition) is 3. The highest BCUT2D eigenvalue weighted by Gasteiger charge is 2.19. The van der Waals surface area contributed by atoms with Crippen molar-refractivity contribution in [2.75, 3.05) is 78.5 Å². The molecule has 0 amide bonds. The Kier molecular flexibility index (Phi) is 11.7. The molecular formula is C18H34N4O6. The minimum absolute atomic E-state index is 0.0757. The Morgan fingerprint density at radius 2 is 0.893 bits per heavy atom. The van der Waals surface area contributed by atoms with Gasteiger partial charge in [0, 0.05) is 52.4 Å². The van der Waals surface area contributed by atoms with Gasteiger partial charge >= 0.3 is 17.9 Å². The molecule has 0 aromatic heterocycles.